The van der Waals surface area contributed by atoms with E-state index in [-0.39, 0.29) is 29.9 Å². The Morgan fingerprint density at radius 3 is 2.62 bits per heavy atom. The van der Waals surface area contributed by atoms with Gasteiger partial charge in [0.2, 0.25) is 0 Å². The molecule has 1 N–H and O–H groups in total. The van der Waals surface area contributed by atoms with Crippen molar-refractivity contribution in [2.45, 2.75) is 52.0 Å². The molecule has 0 radical (unpaired) electrons. The maximum atomic E-state index is 12.3. The molecule has 1 saturated carbocycles. The summed E-state index contributed by atoms with van der Waals surface area (Å²) in [5, 5.41) is 3.08. The zero-order valence-electron chi connectivity index (χ0n) is 13.4. The number of methoxy groups -OCH3 is 1. The number of ether oxygens (including phenoxy) is 1. The van der Waals surface area contributed by atoms with Crippen LogP contribution in [0.2, 0.25) is 0 Å². The van der Waals surface area contributed by atoms with E-state index in [2.05, 4.69) is 12.2 Å². The van der Waals surface area contributed by atoms with E-state index in [0.717, 1.165) is 12.3 Å². The van der Waals surface area contributed by atoms with E-state index in [1.807, 2.05) is 11.8 Å². The highest BCUT2D eigenvalue weighted by molar-refractivity contribution is 5.76. The number of nitrogens with zero attached hydrogens (tertiary/aromatic N) is 1. The molecule has 1 heterocycles. The number of piperidine rings is 1. The van der Waals surface area contributed by atoms with Crippen molar-refractivity contribution in [3.8, 4) is 0 Å². The first kappa shape index (κ1) is 16.1. The lowest BCUT2D eigenvalue weighted by molar-refractivity contribution is -0.148. The molecule has 0 aromatic carbocycles. The van der Waals surface area contributed by atoms with E-state index in [9.17, 15) is 9.59 Å². The van der Waals surface area contributed by atoms with E-state index in [1.165, 1.54) is 26.4 Å². The molecule has 2 rings (SSSR count). The number of nitrogens with one attached hydrogen (secondary N) is 1. The number of likely N-dealkylation sites (tertiary alicyclic amines) is 1. The average molecular weight is 296 g/mol. The van der Waals surface area contributed by atoms with Crippen molar-refractivity contribution in [2.24, 2.45) is 17.8 Å². The standard InChI is InChI=1S/C16H28N2O3/c1-11-10-18(9-8-14(11)15(19)21-3)16(20)17-12(2)4-5-13-6-7-13/h11-14H,4-10H2,1-3H3,(H,17,20)/t11-,12+,14+/m0/s1. The number of rotatable bonds is 5. The summed E-state index contributed by atoms with van der Waals surface area (Å²) in [4.78, 5) is 25.7. The average Bonchev–Trinajstić information content (AvgIpc) is 3.28. The van der Waals surface area contributed by atoms with Crippen molar-refractivity contribution >= 4 is 12.0 Å². The molecule has 5 heteroatoms. The van der Waals surface area contributed by atoms with E-state index in [4.69, 9.17) is 4.74 Å². The number of urea groups is 1. The van der Waals surface area contributed by atoms with Crippen LogP contribution in [0.3, 0.4) is 0 Å². The first-order valence-electron chi connectivity index (χ1n) is 8.14. The Bertz CT molecular complexity index is 382. The normalized spacial score (nSPS) is 27.1. The van der Waals surface area contributed by atoms with Crippen LogP contribution in [-0.4, -0.2) is 43.1 Å². The number of carbonyl (C=O) groups is 2. The molecule has 0 spiro atoms. The van der Waals surface area contributed by atoms with Gasteiger partial charge in [0.15, 0.2) is 0 Å². The van der Waals surface area contributed by atoms with Crippen molar-refractivity contribution in [3.05, 3.63) is 0 Å². The van der Waals surface area contributed by atoms with Gasteiger partial charge in [-0.15, -0.1) is 0 Å². The van der Waals surface area contributed by atoms with Gasteiger partial charge in [-0.1, -0.05) is 19.8 Å². The van der Waals surface area contributed by atoms with Crippen LogP contribution in [0.5, 0.6) is 0 Å². The van der Waals surface area contributed by atoms with E-state index in [0.29, 0.717) is 19.5 Å². The molecule has 0 bridgehead atoms. The van der Waals surface area contributed by atoms with Gasteiger partial charge >= 0.3 is 12.0 Å². The first-order valence-corrected chi connectivity index (χ1v) is 8.14. The molecule has 21 heavy (non-hydrogen) atoms. The van der Waals surface area contributed by atoms with Crippen LogP contribution in [0.15, 0.2) is 0 Å². The van der Waals surface area contributed by atoms with E-state index < -0.39 is 0 Å². The van der Waals surface area contributed by atoms with Crippen LogP contribution in [0.4, 0.5) is 4.79 Å². The van der Waals surface area contributed by atoms with Gasteiger partial charge in [0.1, 0.15) is 0 Å². The van der Waals surface area contributed by atoms with Gasteiger partial charge in [0, 0.05) is 19.1 Å². The quantitative estimate of drug-likeness (QED) is 0.793. The maximum Gasteiger partial charge on any atom is 0.317 e. The van der Waals surface area contributed by atoms with Crippen LogP contribution in [0.25, 0.3) is 0 Å². The summed E-state index contributed by atoms with van der Waals surface area (Å²) < 4.78 is 4.82. The molecule has 3 atom stereocenters. The molecule has 120 valence electrons. The highest BCUT2D eigenvalue weighted by Crippen LogP contribution is 2.33. The number of carbonyl (C=O) groups excluding carboxylic acids is 2. The number of hydrogen-bond donors (Lipinski definition) is 1. The summed E-state index contributed by atoms with van der Waals surface area (Å²) >= 11 is 0. The summed E-state index contributed by atoms with van der Waals surface area (Å²) in [6.07, 6.45) is 5.70. The van der Waals surface area contributed by atoms with Crippen LogP contribution < -0.4 is 5.32 Å². The van der Waals surface area contributed by atoms with E-state index >= 15 is 0 Å². The van der Waals surface area contributed by atoms with Crippen LogP contribution in [0.1, 0.15) is 46.0 Å². The van der Waals surface area contributed by atoms with Crippen molar-refractivity contribution in [2.75, 3.05) is 20.2 Å². The Hall–Kier alpha value is -1.26. The molecule has 2 fully saturated rings. The molecule has 5 nitrogen and oxygen atoms in total. The molecular weight excluding hydrogens is 268 g/mol. The molecule has 0 unspecified atom stereocenters. The van der Waals surface area contributed by atoms with Gasteiger partial charge in [-0.3, -0.25) is 4.79 Å². The molecule has 2 aliphatic rings. The Morgan fingerprint density at radius 1 is 1.33 bits per heavy atom. The minimum absolute atomic E-state index is 0.00784. The number of esters is 1. The zero-order chi connectivity index (χ0) is 15.4. The van der Waals surface area contributed by atoms with Crippen molar-refractivity contribution < 1.29 is 14.3 Å². The Kier molecular flexibility index (Phi) is 5.48. The van der Waals surface area contributed by atoms with Crippen molar-refractivity contribution in [1.82, 2.24) is 10.2 Å². The Labute approximate surface area is 127 Å². The summed E-state index contributed by atoms with van der Waals surface area (Å²) in [6.45, 7) is 5.34. The Morgan fingerprint density at radius 2 is 2.05 bits per heavy atom. The second-order valence-electron chi connectivity index (χ2n) is 6.71. The highest BCUT2D eigenvalue weighted by Gasteiger charge is 2.34. The second-order valence-corrected chi connectivity index (χ2v) is 6.71. The van der Waals surface area contributed by atoms with Gasteiger partial charge in [-0.25, -0.2) is 4.79 Å². The molecule has 1 aliphatic heterocycles. The smallest absolute Gasteiger partial charge is 0.317 e. The number of hydrogen-bond acceptors (Lipinski definition) is 3. The minimum Gasteiger partial charge on any atom is -0.469 e. The van der Waals surface area contributed by atoms with Gasteiger partial charge in [-0.2, -0.15) is 0 Å². The van der Waals surface area contributed by atoms with Crippen LogP contribution >= 0.6 is 0 Å². The lowest BCUT2D eigenvalue weighted by Gasteiger charge is -2.36. The monoisotopic (exact) mass is 296 g/mol. The fraction of sp³-hybridized carbons (Fsp3) is 0.875. The highest BCUT2D eigenvalue weighted by atomic mass is 16.5. The summed E-state index contributed by atoms with van der Waals surface area (Å²) in [7, 11) is 1.43. The molecule has 1 saturated heterocycles. The third-order valence-corrected chi connectivity index (χ3v) is 4.77. The molecule has 1 aliphatic carbocycles. The third-order valence-electron chi connectivity index (χ3n) is 4.77. The van der Waals surface area contributed by atoms with Gasteiger partial charge < -0.3 is 15.0 Å². The Balaban J connectivity index is 1.74. The first-order chi connectivity index (χ1) is 10.0. The number of amides is 2. The molecule has 2 amide bonds. The fourth-order valence-electron chi connectivity index (χ4n) is 3.10. The van der Waals surface area contributed by atoms with Gasteiger partial charge in [-0.05, 0) is 38.0 Å². The second kappa shape index (κ2) is 7.14. The van der Waals surface area contributed by atoms with Gasteiger partial charge in [0.25, 0.3) is 0 Å². The predicted molar refractivity (Wildman–Crippen MR) is 80.8 cm³/mol. The maximum absolute atomic E-state index is 12.3. The topological polar surface area (TPSA) is 58.6 Å². The third kappa shape index (κ3) is 4.61. The molecular formula is C16H28N2O3. The SMILES string of the molecule is COC(=O)[C@@H]1CCN(C(=O)N[C@H](C)CCC2CC2)C[C@@H]1C. The zero-order valence-corrected chi connectivity index (χ0v) is 13.4. The summed E-state index contributed by atoms with van der Waals surface area (Å²) in [6, 6.07) is 0.236. The van der Waals surface area contributed by atoms with Crippen molar-refractivity contribution in [3.63, 3.8) is 0 Å². The predicted octanol–water partition coefficient (Wildman–Crippen LogP) is 2.41. The minimum atomic E-state index is -0.152. The summed E-state index contributed by atoms with van der Waals surface area (Å²) in [5.74, 6) is 0.825. The molecule has 0 aromatic heterocycles. The largest absolute Gasteiger partial charge is 0.469 e. The summed E-state index contributed by atoms with van der Waals surface area (Å²) in [5.41, 5.74) is 0. The van der Waals surface area contributed by atoms with Gasteiger partial charge in [0.05, 0.1) is 13.0 Å². The lowest BCUT2D eigenvalue weighted by atomic mass is 9.87. The van der Waals surface area contributed by atoms with Crippen LogP contribution in [0, 0.1) is 17.8 Å². The molecule has 0 aromatic rings. The fourth-order valence-corrected chi connectivity index (χ4v) is 3.10. The van der Waals surface area contributed by atoms with Crippen molar-refractivity contribution in [1.29, 1.82) is 0 Å². The lowest BCUT2D eigenvalue weighted by Crippen LogP contribution is -2.50. The van der Waals surface area contributed by atoms with E-state index in [1.54, 1.807) is 0 Å². The van der Waals surface area contributed by atoms with Crippen LogP contribution in [-0.2, 0) is 9.53 Å².